The van der Waals surface area contributed by atoms with Crippen LogP contribution in [0.3, 0.4) is 0 Å². The van der Waals surface area contributed by atoms with Crippen LogP contribution in [0.1, 0.15) is 30.1 Å². The molecule has 0 amide bonds. The molecule has 1 aliphatic rings. The fraction of sp³-hybridized carbons (Fsp3) is 0.333. The minimum absolute atomic E-state index is 0.0843. The summed E-state index contributed by atoms with van der Waals surface area (Å²) in [6.45, 7) is 3.51. The maximum atomic E-state index is 5.80. The van der Waals surface area contributed by atoms with Crippen LogP contribution in [-0.2, 0) is 11.8 Å². The fourth-order valence-corrected chi connectivity index (χ4v) is 5.56. The van der Waals surface area contributed by atoms with E-state index in [-0.39, 0.29) is 6.04 Å². The molecule has 0 aliphatic carbocycles. The van der Waals surface area contributed by atoms with Crippen LogP contribution in [-0.4, -0.2) is 49.9 Å². The van der Waals surface area contributed by atoms with Crippen LogP contribution >= 0.6 is 0 Å². The summed E-state index contributed by atoms with van der Waals surface area (Å²) in [4.78, 5) is 9.55. The summed E-state index contributed by atoms with van der Waals surface area (Å²) in [5.74, 6) is 1.01. The Labute approximate surface area is 203 Å². The van der Waals surface area contributed by atoms with Crippen molar-refractivity contribution in [3.05, 3.63) is 66.1 Å². The van der Waals surface area contributed by atoms with Crippen LogP contribution in [0, 0.1) is 12.8 Å². The number of nitrogens with zero attached hydrogens (tertiary/aromatic N) is 6. The smallest absolute Gasteiger partial charge is 0.238 e. The molecular weight excluding hydrogens is 440 g/mol. The Morgan fingerprint density at radius 3 is 2.60 bits per heavy atom. The lowest BCUT2D eigenvalue weighted by Crippen LogP contribution is -2.27. The van der Waals surface area contributed by atoms with Gasteiger partial charge in [0.1, 0.15) is 5.52 Å². The van der Waals surface area contributed by atoms with Crippen molar-refractivity contribution < 1.29 is 9.47 Å². The lowest BCUT2D eigenvalue weighted by Gasteiger charge is -2.33. The molecule has 1 atom stereocenters. The molecule has 0 radical (unpaired) electrons. The van der Waals surface area contributed by atoms with Gasteiger partial charge in [0, 0.05) is 43.6 Å². The van der Waals surface area contributed by atoms with Gasteiger partial charge in [-0.15, -0.1) is 5.10 Å². The zero-order valence-electron chi connectivity index (χ0n) is 20.2. The molecule has 8 nitrogen and oxygen atoms in total. The van der Waals surface area contributed by atoms with E-state index in [4.69, 9.17) is 14.5 Å². The number of aromatic nitrogens is 6. The Bertz CT molecular complexity index is 1480. The van der Waals surface area contributed by atoms with E-state index in [0.29, 0.717) is 11.8 Å². The quantitative estimate of drug-likeness (QED) is 0.372. The number of aryl methyl sites for hydroxylation is 2. The van der Waals surface area contributed by atoms with E-state index in [1.807, 2.05) is 26.2 Å². The van der Waals surface area contributed by atoms with Gasteiger partial charge in [-0.2, -0.15) is 0 Å². The zero-order valence-corrected chi connectivity index (χ0v) is 20.2. The van der Waals surface area contributed by atoms with Crippen LogP contribution < -0.4 is 4.74 Å². The van der Waals surface area contributed by atoms with Crippen LogP contribution in [0.25, 0.3) is 33.2 Å². The van der Waals surface area contributed by atoms with Crippen LogP contribution in [0.4, 0.5) is 0 Å². The van der Waals surface area contributed by atoms with Gasteiger partial charge in [0.25, 0.3) is 0 Å². The van der Waals surface area contributed by atoms with Crippen molar-refractivity contribution in [3.63, 3.8) is 0 Å². The minimum atomic E-state index is 0.0843. The number of ether oxygens (including phenoxy) is 2. The molecule has 1 saturated heterocycles. The number of pyridine rings is 2. The molecule has 5 heterocycles. The van der Waals surface area contributed by atoms with Gasteiger partial charge in [0.05, 0.1) is 35.6 Å². The van der Waals surface area contributed by atoms with Gasteiger partial charge in [-0.1, -0.05) is 35.5 Å². The van der Waals surface area contributed by atoms with Gasteiger partial charge < -0.3 is 14.0 Å². The molecule has 6 rings (SSSR count). The molecule has 1 aromatic carbocycles. The maximum Gasteiger partial charge on any atom is 0.238 e. The van der Waals surface area contributed by atoms with Crippen molar-refractivity contribution in [1.29, 1.82) is 0 Å². The Morgan fingerprint density at radius 2 is 1.89 bits per heavy atom. The van der Waals surface area contributed by atoms with Gasteiger partial charge in [0.15, 0.2) is 0 Å². The topological polar surface area (TPSA) is 79.9 Å². The number of rotatable bonds is 5. The van der Waals surface area contributed by atoms with E-state index < -0.39 is 0 Å². The molecule has 0 bridgehead atoms. The van der Waals surface area contributed by atoms with Crippen molar-refractivity contribution in [2.24, 2.45) is 13.0 Å². The Hall–Kier alpha value is -3.78. The third-order valence-electron chi connectivity index (χ3n) is 7.11. The Balaban J connectivity index is 1.70. The van der Waals surface area contributed by atoms with Crippen molar-refractivity contribution in [1.82, 2.24) is 29.5 Å². The summed E-state index contributed by atoms with van der Waals surface area (Å²) in [5, 5.41) is 9.50. The predicted molar refractivity (Wildman–Crippen MR) is 134 cm³/mol. The first-order valence-corrected chi connectivity index (χ1v) is 12.0. The molecule has 35 heavy (non-hydrogen) atoms. The second-order valence-electron chi connectivity index (χ2n) is 9.13. The zero-order chi connectivity index (χ0) is 23.9. The second-order valence-corrected chi connectivity index (χ2v) is 9.13. The number of benzene rings is 1. The van der Waals surface area contributed by atoms with Crippen LogP contribution in [0.5, 0.6) is 5.88 Å². The molecular formula is C27H28N6O2. The normalized spacial score (nSPS) is 15.6. The number of fused-ring (bicyclic) bond motifs is 3. The SMILES string of the molecule is COc1nccc2c3ncc(-c4c(C)nnn4C)cc3n(C(c3ccccc3)C3CCOCC3)c12. The van der Waals surface area contributed by atoms with Crippen molar-refractivity contribution in [3.8, 4) is 17.1 Å². The summed E-state index contributed by atoms with van der Waals surface area (Å²) in [7, 11) is 3.59. The summed E-state index contributed by atoms with van der Waals surface area (Å²) in [5.41, 5.74) is 7.03. The van der Waals surface area contributed by atoms with Crippen molar-refractivity contribution in [2.45, 2.75) is 25.8 Å². The Kier molecular flexibility index (Phi) is 5.45. The first kappa shape index (κ1) is 21.7. The van der Waals surface area contributed by atoms with Crippen LogP contribution in [0.15, 0.2) is 54.9 Å². The van der Waals surface area contributed by atoms with E-state index in [1.165, 1.54) is 5.56 Å². The third kappa shape index (κ3) is 3.56. The highest BCUT2D eigenvalue weighted by molar-refractivity contribution is 6.08. The van der Waals surface area contributed by atoms with E-state index in [1.54, 1.807) is 18.0 Å². The molecule has 1 unspecified atom stereocenters. The lowest BCUT2D eigenvalue weighted by molar-refractivity contribution is 0.0552. The highest BCUT2D eigenvalue weighted by Gasteiger charge is 2.31. The molecule has 1 fully saturated rings. The summed E-state index contributed by atoms with van der Waals surface area (Å²) in [6, 6.07) is 15.0. The molecule has 5 aromatic rings. The largest absolute Gasteiger partial charge is 0.479 e. The molecule has 0 saturated carbocycles. The number of methoxy groups -OCH3 is 1. The molecule has 0 spiro atoms. The summed E-state index contributed by atoms with van der Waals surface area (Å²) in [6.07, 6.45) is 5.68. The van der Waals surface area contributed by atoms with E-state index in [2.05, 4.69) is 56.3 Å². The average Bonchev–Trinajstić information content (AvgIpc) is 3.41. The molecule has 8 heteroatoms. The number of hydrogen-bond donors (Lipinski definition) is 0. The second kappa shape index (κ2) is 8.78. The van der Waals surface area contributed by atoms with E-state index >= 15 is 0 Å². The number of hydrogen-bond acceptors (Lipinski definition) is 6. The summed E-state index contributed by atoms with van der Waals surface area (Å²) < 4.78 is 15.8. The van der Waals surface area contributed by atoms with Gasteiger partial charge >= 0.3 is 0 Å². The molecule has 0 N–H and O–H groups in total. The van der Waals surface area contributed by atoms with Gasteiger partial charge in [0.2, 0.25) is 5.88 Å². The fourth-order valence-electron chi connectivity index (χ4n) is 5.56. The van der Waals surface area contributed by atoms with Gasteiger partial charge in [-0.25, -0.2) is 9.67 Å². The maximum absolute atomic E-state index is 5.80. The lowest BCUT2D eigenvalue weighted by atomic mass is 9.86. The van der Waals surface area contributed by atoms with E-state index in [9.17, 15) is 0 Å². The van der Waals surface area contributed by atoms with Gasteiger partial charge in [-0.05, 0) is 43.4 Å². The predicted octanol–water partition coefficient (Wildman–Crippen LogP) is 4.71. The molecule has 178 valence electrons. The third-order valence-corrected chi connectivity index (χ3v) is 7.11. The first-order valence-electron chi connectivity index (χ1n) is 12.0. The molecule has 1 aliphatic heterocycles. The van der Waals surface area contributed by atoms with Crippen LogP contribution in [0.2, 0.25) is 0 Å². The minimum Gasteiger partial charge on any atom is -0.479 e. The average molecular weight is 469 g/mol. The highest BCUT2D eigenvalue weighted by Crippen LogP contribution is 2.43. The van der Waals surface area contributed by atoms with Crippen molar-refractivity contribution >= 4 is 21.9 Å². The van der Waals surface area contributed by atoms with Crippen molar-refractivity contribution in [2.75, 3.05) is 20.3 Å². The van der Waals surface area contributed by atoms with E-state index in [0.717, 1.165) is 64.9 Å². The standard InChI is InChI=1S/C27H28N6O2/c1-17-24(32(2)31-30-17)20-15-22-23(29-16-20)21-9-12-28-27(34-3)26(21)33(22)25(18-7-5-4-6-8-18)19-10-13-35-14-11-19/h4-9,12,15-16,19,25H,10-11,13-14H2,1-3H3. The highest BCUT2D eigenvalue weighted by atomic mass is 16.5. The molecule has 4 aromatic heterocycles. The Morgan fingerprint density at radius 1 is 1.09 bits per heavy atom. The van der Waals surface area contributed by atoms with Gasteiger partial charge in [-0.3, -0.25) is 4.98 Å². The summed E-state index contributed by atoms with van der Waals surface area (Å²) >= 11 is 0. The monoisotopic (exact) mass is 468 g/mol. The first-order chi connectivity index (χ1) is 17.2.